The van der Waals surface area contributed by atoms with Gasteiger partial charge in [0.2, 0.25) is 5.91 Å². The lowest BCUT2D eigenvalue weighted by Gasteiger charge is -2.30. The molecule has 6 heteroatoms. The minimum absolute atomic E-state index is 0.0780. The van der Waals surface area contributed by atoms with Crippen LogP contribution in [0.1, 0.15) is 18.9 Å². The van der Waals surface area contributed by atoms with Crippen molar-refractivity contribution in [3.05, 3.63) is 35.9 Å². The van der Waals surface area contributed by atoms with Crippen LogP contribution in [-0.4, -0.2) is 63.0 Å². The molecule has 1 aromatic carbocycles. The van der Waals surface area contributed by atoms with Crippen molar-refractivity contribution in [1.82, 2.24) is 9.80 Å². The first-order valence-electron chi connectivity index (χ1n) is 9.27. The van der Waals surface area contributed by atoms with Crippen LogP contribution >= 0.6 is 0 Å². The van der Waals surface area contributed by atoms with Gasteiger partial charge in [0.25, 0.3) is 0 Å². The van der Waals surface area contributed by atoms with Crippen molar-refractivity contribution in [3.8, 4) is 11.5 Å². The molecule has 0 aliphatic carbocycles. The van der Waals surface area contributed by atoms with Crippen LogP contribution in [0.4, 0.5) is 0 Å². The molecule has 0 bridgehead atoms. The molecule has 0 heterocycles. The topological polar surface area (TPSA) is 49.9 Å². The number of ether oxygens (including phenoxy) is 1. The van der Waals surface area contributed by atoms with Crippen molar-refractivity contribution in [1.29, 1.82) is 0 Å². The number of amides is 1. The van der Waals surface area contributed by atoms with Gasteiger partial charge in [0.05, 0.1) is 19.7 Å². The molecule has 1 amide bonds. The van der Waals surface area contributed by atoms with Gasteiger partial charge in [-0.1, -0.05) is 62.8 Å². The highest BCUT2D eigenvalue weighted by atomic mass is 28.3. The number of likely N-dealkylation sites (N-methyl/N-ethyl adjacent to an activating group) is 1. The number of carbonyl (C=O) groups excluding carboxylic acids is 2. The maximum absolute atomic E-state index is 13.1. The Morgan fingerprint density at radius 2 is 1.81 bits per heavy atom. The largest absolute Gasteiger partial charge is 0.468 e. The second-order valence-corrected chi connectivity index (χ2v) is 12.4. The van der Waals surface area contributed by atoms with Crippen molar-refractivity contribution in [2.45, 2.75) is 45.6 Å². The molecule has 1 atom stereocenters. The van der Waals surface area contributed by atoms with Gasteiger partial charge in [-0.2, -0.15) is 0 Å². The van der Waals surface area contributed by atoms with E-state index in [1.165, 1.54) is 12.0 Å². The lowest BCUT2D eigenvalue weighted by molar-refractivity contribution is -0.148. The number of esters is 1. The van der Waals surface area contributed by atoms with Gasteiger partial charge in [-0.15, -0.1) is 5.54 Å². The molecule has 148 valence electrons. The van der Waals surface area contributed by atoms with E-state index in [9.17, 15) is 9.59 Å². The van der Waals surface area contributed by atoms with Gasteiger partial charge in [0.1, 0.15) is 14.6 Å². The molecule has 0 fully saturated rings. The second-order valence-electron chi connectivity index (χ2n) is 7.65. The Morgan fingerprint density at radius 3 is 2.33 bits per heavy atom. The zero-order chi connectivity index (χ0) is 20.4. The van der Waals surface area contributed by atoms with E-state index in [2.05, 4.69) is 31.1 Å². The van der Waals surface area contributed by atoms with E-state index in [0.717, 1.165) is 5.56 Å². The number of nitrogens with zero attached hydrogens (tertiary/aromatic N) is 2. The van der Waals surface area contributed by atoms with Crippen LogP contribution in [0.25, 0.3) is 0 Å². The number of carbonyl (C=O) groups is 2. The first kappa shape index (κ1) is 22.9. The third-order valence-electron chi connectivity index (χ3n) is 4.07. The fraction of sp³-hybridized carbons (Fsp3) is 0.524. The summed E-state index contributed by atoms with van der Waals surface area (Å²) in [5.41, 5.74) is 4.40. The minimum atomic E-state index is -1.54. The molecule has 0 saturated carbocycles. The van der Waals surface area contributed by atoms with Crippen LogP contribution in [0, 0.1) is 11.5 Å². The van der Waals surface area contributed by atoms with Gasteiger partial charge in [0.15, 0.2) is 0 Å². The molecular weight excluding hydrogens is 356 g/mol. The smallest absolute Gasteiger partial charge is 0.325 e. The molecular formula is C21H32N2O3Si. The molecule has 0 saturated heterocycles. The van der Waals surface area contributed by atoms with Crippen LogP contribution in [0.5, 0.6) is 0 Å². The summed E-state index contributed by atoms with van der Waals surface area (Å²) in [7, 11) is 1.72. The Hall–Kier alpha value is -2.10. The van der Waals surface area contributed by atoms with Crippen molar-refractivity contribution in [3.63, 3.8) is 0 Å². The summed E-state index contributed by atoms with van der Waals surface area (Å²) >= 11 is 0. The summed E-state index contributed by atoms with van der Waals surface area (Å²) in [4.78, 5) is 28.5. The predicted molar refractivity (Wildman–Crippen MR) is 112 cm³/mol. The minimum Gasteiger partial charge on any atom is -0.468 e. The summed E-state index contributed by atoms with van der Waals surface area (Å²) in [6, 6.07) is 9.71. The first-order chi connectivity index (χ1) is 12.7. The molecule has 1 rings (SSSR count). The standard InChI is InChI=1S/C21H32N2O3Si/c1-7-19(22(2)16-18-12-9-8-10-13-18)21(25)23(17-20(24)26-3)14-11-15-27(4,5)6/h8-10,12-13,19H,7,14,16-17H2,1-6H3. The van der Waals surface area contributed by atoms with E-state index in [1.54, 1.807) is 0 Å². The normalized spacial score (nSPS) is 12.1. The van der Waals surface area contributed by atoms with E-state index in [1.807, 2.05) is 49.2 Å². The van der Waals surface area contributed by atoms with Crippen LogP contribution in [-0.2, 0) is 20.9 Å². The van der Waals surface area contributed by atoms with Crippen LogP contribution < -0.4 is 0 Å². The van der Waals surface area contributed by atoms with E-state index >= 15 is 0 Å². The van der Waals surface area contributed by atoms with E-state index in [4.69, 9.17) is 4.74 Å². The average Bonchev–Trinajstić information content (AvgIpc) is 2.61. The Balaban J connectivity index is 2.93. The molecule has 1 unspecified atom stereocenters. The summed E-state index contributed by atoms with van der Waals surface area (Å²) in [5.74, 6) is 2.57. The molecule has 0 N–H and O–H groups in total. The van der Waals surface area contributed by atoms with Crippen molar-refractivity contribution >= 4 is 20.0 Å². The maximum Gasteiger partial charge on any atom is 0.325 e. The summed E-state index contributed by atoms with van der Waals surface area (Å²) in [6.07, 6.45) is 0.654. The van der Waals surface area contributed by atoms with Gasteiger partial charge in [-0.25, -0.2) is 0 Å². The lowest BCUT2D eigenvalue weighted by atomic mass is 10.1. The number of hydrogen-bond donors (Lipinski definition) is 0. The second kappa shape index (κ2) is 10.9. The molecule has 0 aliphatic heterocycles. The quantitative estimate of drug-likeness (QED) is 0.390. The third kappa shape index (κ3) is 8.42. The van der Waals surface area contributed by atoms with Gasteiger partial charge in [-0.3, -0.25) is 14.5 Å². The van der Waals surface area contributed by atoms with E-state index < -0.39 is 14.0 Å². The summed E-state index contributed by atoms with van der Waals surface area (Å²) in [5, 5.41) is 0. The molecule has 0 aliphatic rings. The van der Waals surface area contributed by atoms with E-state index in [-0.39, 0.29) is 25.0 Å². The molecule has 5 nitrogen and oxygen atoms in total. The van der Waals surface area contributed by atoms with Gasteiger partial charge in [0, 0.05) is 6.54 Å². The molecule has 27 heavy (non-hydrogen) atoms. The fourth-order valence-electron chi connectivity index (χ4n) is 2.70. The van der Waals surface area contributed by atoms with Crippen molar-refractivity contribution in [2.75, 3.05) is 27.2 Å². The van der Waals surface area contributed by atoms with E-state index in [0.29, 0.717) is 13.0 Å². The number of benzene rings is 1. The van der Waals surface area contributed by atoms with Crippen LogP contribution in [0.3, 0.4) is 0 Å². The third-order valence-corrected chi connectivity index (χ3v) is 5.00. The molecule has 0 aromatic heterocycles. The highest BCUT2D eigenvalue weighted by Gasteiger charge is 2.27. The Bertz CT molecular complexity index is 674. The fourth-order valence-corrected chi connectivity index (χ4v) is 3.31. The SMILES string of the molecule is CCC(C(=O)N(CC#C[Si](C)(C)C)CC(=O)OC)N(C)Cc1ccccc1. The first-order valence-corrected chi connectivity index (χ1v) is 12.8. The number of hydrogen-bond acceptors (Lipinski definition) is 4. The lowest BCUT2D eigenvalue weighted by Crippen LogP contribution is -2.48. The molecule has 0 radical (unpaired) electrons. The van der Waals surface area contributed by atoms with Gasteiger partial charge >= 0.3 is 5.97 Å². The van der Waals surface area contributed by atoms with Gasteiger partial charge < -0.3 is 9.64 Å². The maximum atomic E-state index is 13.1. The zero-order valence-electron chi connectivity index (χ0n) is 17.4. The van der Waals surface area contributed by atoms with Gasteiger partial charge in [-0.05, 0) is 19.0 Å². The summed E-state index contributed by atoms with van der Waals surface area (Å²) < 4.78 is 4.76. The predicted octanol–water partition coefficient (Wildman–Crippen LogP) is 2.78. The van der Waals surface area contributed by atoms with Crippen molar-refractivity contribution < 1.29 is 14.3 Å². The Labute approximate surface area is 164 Å². The number of methoxy groups -OCH3 is 1. The molecule has 0 spiro atoms. The van der Waals surface area contributed by atoms with Crippen LogP contribution in [0.15, 0.2) is 30.3 Å². The highest BCUT2D eigenvalue weighted by molar-refractivity contribution is 6.83. The highest BCUT2D eigenvalue weighted by Crippen LogP contribution is 2.12. The van der Waals surface area contributed by atoms with Crippen molar-refractivity contribution in [2.24, 2.45) is 0 Å². The Kier molecular flexibility index (Phi) is 9.26. The molecule has 1 aromatic rings. The van der Waals surface area contributed by atoms with Crippen LogP contribution in [0.2, 0.25) is 19.6 Å². The average molecular weight is 389 g/mol. The summed E-state index contributed by atoms with van der Waals surface area (Å²) in [6.45, 7) is 9.25. The number of rotatable bonds is 8. The monoisotopic (exact) mass is 388 g/mol. The zero-order valence-corrected chi connectivity index (χ0v) is 18.4. The Morgan fingerprint density at radius 1 is 1.19 bits per heavy atom.